The first kappa shape index (κ1) is 8.74. The Balaban J connectivity index is 2.84. The summed E-state index contributed by atoms with van der Waals surface area (Å²) < 4.78 is 0. The van der Waals surface area contributed by atoms with Gasteiger partial charge < -0.3 is 10.6 Å². The molecule has 1 rings (SSSR count). The minimum atomic E-state index is 0.533. The molecular formula is C9H12N2O. The molecule has 0 unspecified atom stereocenters. The maximum absolute atomic E-state index is 10.4. The van der Waals surface area contributed by atoms with Crippen molar-refractivity contribution in [1.29, 1.82) is 0 Å². The molecular weight excluding hydrogens is 152 g/mol. The topological polar surface area (TPSA) is 46.3 Å². The second-order valence-corrected chi connectivity index (χ2v) is 2.59. The number of hydrogen-bond donors (Lipinski definition) is 1. The lowest BCUT2D eigenvalue weighted by atomic mass is 10.2. The molecule has 2 N–H and O–H groups in total. The molecule has 1 amide bonds. The van der Waals surface area contributed by atoms with Crippen LogP contribution in [0.2, 0.25) is 0 Å². The summed E-state index contributed by atoms with van der Waals surface area (Å²) >= 11 is 0. The lowest BCUT2D eigenvalue weighted by molar-refractivity contribution is -0.107. The molecule has 0 spiro atoms. The summed E-state index contributed by atoms with van der Waals surface area (Å²) in [5.74, 6) is 0. The van der Waals surface area contributed by atoms with Crippen LogP contribution in [0.25, 0.3) is 0 Å². The van der Waals surface area contributed by atoms with Gasteiger partial charge in [-0.25, -0.2) is 0 Å². The molecule has 12 heavy (non-hydrogen) atoms. The Labute approximate surface area is 71.8 Å². The van der Waals surface area contributed by atoms with Crippen LogP contribution in [-0.2, 0) is 11.3 Å². The van der Waals surface area contributed by atoms with Crippen molar-refractivity contribution in [3.8, 4) is 0 Å². The predicted molar refractivity (Wildman–Crippen MR) is 48.8 cm³/mol. The normalized spacial score (nSPS) is 9.50. The van der Waals surface area contributed by atoms with Crippen LogP contribution in [-0.4, -0.2) is 13.5 Å². The average Bonchev–Trinajstić information content (AvgIpc) is 2.17. The standard InChI is InChI=1S/C9H12N2O/c1-11(7-12)9-4-2-8(6-10)3-5-9/h2-5,7H,6,10H2,1H3. The van der Waals surface area contributed by atoms with Crippen molar-refractivity contribution >= 4 is 12.1 Å². The summed E-state index contributed by atoms with van der Waals surface area (Å²) in [7, 11) is 1.71. The molecule has 0 radical (unpaired) electrons. The van der Waals surface area contributed by atoms with Crippen LogP contribution in [0.1, 0.15) is 5.56 Å². The van der Waals surface area contributed by atoms with Crippen LogP contribution in [0.5, 0.6) is 0 Å². The van der Waals surface area contributed by atoms with Gasteiger partial charge >= 0.3 is 0 Å². The number of nitrogens with zero attached hydrogens (tertiary/aromatic N) is 1. The van der Waals surface area contributed by atoms with Crippen LogP contribution < -0.4 is 10.6 Å². The third-order valence-electron chi connectivity index (χ3n) is 1.74. The van der Waals surface area contributed by atoms with Crippen molar-refractivity contribution < 1.29 is 4.79 Å². The van der Waals surface area contributed by atoms with Gasteiger partial charge in [0.2, 0.25) is 6.41 Å². The molecule has 0 aliphatic rings. The van der Waals surface area contributed by atoms with Gasteiger partial charge in [-0.15, -0.1) is 0 Å². The van der Waals surface area contributed by atoms with E-state index in [-0.39, 0.29) is 0 Å². The van der Waals surface area contributed by atoms with E-state index >= 15 is 0 Å². The summed E-state index contributed by atoms with van der Waals surface area (Å²) in [6.07, 6.45) is 0.775. The van der Waals surface area contributed by atoms with Gasteiger partial charge in [0.15, 0.2) is 0 Å². The van der Waals surface area contributed by atoms with E-state index in [1.807, 2.05) is 24.3 Å². The van der Waals surface area contributed by atoms with Crippen molar-refractivity contribution in [2.75, 3.05) is 11.9 Å². The Bertz CT molecular complexity index is 256. The van der Waals surface area contributed by atoms with Gasteiger partial charge in [0.1, 0.15) is 0 Å². The largest absolute Gasteiger partial charge is 0.326 e. The highest BCUT2D eigenvalue weighted by Gasteiger charge is 1.96. The van der Waals surface area contributed by atoms with Gasteiger partial charge in [0.25, 0.3) is 0 Å². The zero-order valence-electron chi connectivity index (χ0n) is 7.03. The van der Waals surface area contributed by atoms with Gasteiger partial charge in [-0.05, 0) is 17.7 Å². The van der Waals surface area contributed by atoms with Gasteiger partial charge in [-0.2, -0.15) is 0 Å². The zero-order valence-corrected chi connectivity index (χ0v) is 7.03. The van der Waals surface area contributed by atoms with Gasteiger partial charge in [0.05, 0.1) is 0 Å². The van der Waals surface area contributed by atoms with Crippen LogP contribution in [0, 0.1) is 0 Å². The van der Waals surface area contributed by atoms with Crippen molar-refractivity contribution in [2.45, 2.75) is 6.54 Å². The zero-order chi connectivity index (χ0) is 8.97. The average molecular weight is 164 g/mol. The highest BCUT2D eigenvalue weighted by Crippen LogP contribution is 2.11. The lowest BCUT2D eigenvalue weighted by Gasteiger charge is -2.10. The summed E-state index contributed by atoms with van der Waals surface area (Å²) in [5.41, 5.74) is 7.37. The summed E-state index contributed by atoms with van der Waals surface area (Å²) in [6.45, 7) is 0.533. The second kappa shape index (κ2) is 3.88. The summed E-state index contributed by atoms with van der Waals surface area (Å²) in [6, 6.07) is 7.57. The summed E-state index contributed by atoms with van der Waals surface area (Å²) in [5, 5.41) is 0. The minimum Gasteiger partial charge on any atom is -0.326 e. The Kier molecular flexibility index (Phi) is 2.82. The number of carbonyl (C=O) groups is 1. The van der Waals surface area contributed by atoms with Crippen LogP contribution in [0.3, 0.4) is 0 Å². The molecule has 0 heterocycles. The molecule has 0 aliphatic heterocycles. The second-order valence-electron chi connectivity index (χ2n) is 2.59. The molecule has 0 bridgehead atoms. The van der Waals surface area contributed by atoms with Crippen LogP contribution in [0.15, 0.2) is 24.3 Å². The van der Waals surface area contributed by atoms with E-state index in [1.165, 1.54) is 4.90 Å². The lowest BCUT2D eigenvalue weighted by Crippen LogP contribution is -2.13. The molecule has 0 saturated carbocycles. The number of carbonyl (C=O) groups excluding carboxylic acids is 1. The molecule has 3 nitrogen and oxygen atoms in total. The highest BCUT2D eigenvalue weighted by molar-refractivity contribution is 5.74. The smallest absolute Gasteiger partial charge is 0.213 e. The quantitative estimate of drug-likeness (QED) is 0.670. The maximum Gasteiger partial charge on any atom is 0.213 e. The number of rotatable bonds is 3. The van der Waals surface area contributed by atoms with E-state index in [1.54, 1.807) is 7.05 Å². The number of amides is 1. The fourth-order valence-corrected chi connectivity index (χ4v) is 0.928. The first-order valence-corrected chi connectivity index (χ1v) is 3.75. The SMILES string of the molecule is CN(C=O)c1ccc(CN)cc1. The monoisotopic (exact) mass is 164 g/mol. The Hall–Kier alpha value is -1.35. The van der Waals surface area contributed by atoms with E-state index in [2.05, 4.69) is 0 Å². The van der Waals surface area contributed by atoms with Gasteiger partial charge in [-0.1, -0.05) is 12.1 Å². The number of benzene rings is 1. The molecule has 0 fully saturated rings. The first-order valence-electron chi connectivity index (χ1n) is 3.75. The van der Waals surface area contributed by atoms with Gasteiger partial charge in [-0.3, -0.25) is 4.79 Å². The van der Waals surface area contributed by atoms with Gasteiger partial charge in [0, 0.05) is 19.3 Å². The Morgan fingerprint density at radius 3 is 2.42 bits per heavy atom. The third-order valence-corrected chi connectivity index (χ3v) is 1.74. The first-order chi connectivity index (χ1) is 5.77. The fourth-order valence-electron chi connectivity index (χ4n) is 0.928. The number of hydrogen-bond acceptors (Lipinski definition) is 2. The molecule has 0 aromatic heterocycles. The molecule has 0 atom stereocenters. The minimum absolute atomic E-state index is 0.533. The fraction of sp³-hybridized carbons (Fsp3) is 0.222. The molecule has 0 saturated heterocycles. The summed E-state index contributed by atoms with van der Waals surface area (Å²) in [4.78, 5) is 11.9. The Morgan fingerprint density at radius 1 is 1.42 bits per heavy atom. The third kappa shape index (κ3) is 1.83. The maximum atomic E-state index is 10.4. The van der Waals surface area contributed by atoms with Crippen LogP contribution >= 0.6 is 0 Å². The molecule has 64 valence electrons. The number of nitrogens with two attached hydrogens (primary N) is 1. The van der Waals surface area contributed by atoms with E-state index in [4.69, 9.17) is 5.73 Å². The highest BCUT2D eigenvalue weighted by atomic mass is 16.1. The van der Waals surface area contributed by atoms with Crippen molar-refractivity contribution in [2.24, 2.45) is 5.73 Å². The van der Waals surface area contributed by atoms with Crippen LogP contribution in [0.4, 0.5) is 5.69 Å². The Morgan fingerprint density at radius 2 is 2.00 bits per heavy atom. The molecule has 1 aromatic carbocycles. The van der Waals surface area contributed by atoms with E-state index in [0.29, 0.717) is 6.54 Å². The van der Waals surface area contributed by atoms with E-state index in [0.717, 1.165) is 17.7 Å². The van der Waals surface area contributed by atoms with E-state index in [9.17, 15) is 4.79 Å². The molecule has 3 heteroatoms. The van der Waals surface area contributed by atoms with E-state index < -0.39 is 0 Å². The number of anilines is 1. The van der Waals surface area contributed by atoms with Crippen molar-refractivity contribution in [1.82, 2.24) is 0 Å². The molecule has 1 aromatic rings. The molecule has 0 aliphatic carbocycles. The van der Waals surface area contributed by atoms with Crippen molar-refractivity contribution in [3.05, 3.63) is 29.8 Å². The predicted octanol–water partition coefficient (Wildman–Crippen LogP) is 0.738. The van der Waals surface area contributed by atoms with Crippen molar-refractivity contribution in [3.63, 3.8) is 0 Å².